The highest BCUT2D eigenvalue weighted by Gasteiger charge is 2.28. The lowest BCUT2D eigenvalue weighted by Crippen LogP contribution is -2.50. The van der Waals surface area contributed by atoms with Gasteiger partial charge in [-0.25, -0.2) is 14.2 Å². The first-order valence-corrected chi connectivity index (χ1v) is 9.85. The van der Waals surface area contributed by atoms with Gasteiger partial charge in [-0.3, -0.25) is 0 Å². The van der Waals surface area contributed by atoms with E-state index in [4.69, 9.17) is 27.9 Å². The molecule has 1 aliphatic rings. The van der Waals surface area contributed by atoms with Crippen LogP contribution < -0.4 is 4.90 Å². The third kappa shape index (κ3) is 4.38. The molecule has 1 fully saturated rings. The zero-order valence-electron chi connectivity index (χ0n) is 15.0. The summed E-state index contributed by atoms with van der Waals surface area (Å²) in [7, 11) is 0. The van der Waals surface area contributed by atoms with Crippen molar-refractivity contribution in [3.05, 3.63) is 26.7 Å². The van der Waals surface area contributed by atoms with E-state index in [2.05, 4.69) is 25.9 Å². The molecule has 0 N–H and O–H groups in total. The number of carbonyl (C=O) groups excluding carboxylic acids is 1. The number of rotatable bonds is 1. The van der Waals surface area contributed by atoms with Gasteiger partial charge in [0.05, 0.1) is 9.50 Å². The van der Waals surface area contributed by atoms with E-state index >= 15 is 0 Å². The fourth-order valence-corrected chi connectivity index (χ4v) is 3.46. The largest absolute Gasteiger partial charge is 0.444 e. The first-order chi connectivity index (χ1) is 12.6. The van der Waals surface area contributed by atoms with Gasteiger partial charge in [-0.15, -0.1) is 0 Å². The number of amides is 1. The number of aromatic nitrogens is 2. The molecule has 1 aromatic carbocycles. The highest BCUT2D eigenvalue weighted by atomic mass is 79.9. The Morgan fingerprint density at radius 3 is 2.44 bits per heavy atom. The summed E-state index contributed by atoms with van der Waals surface area (Å²) in [6.45, 7) is 7.37. The number of hydrogen-bond donors (Lipinski definition) is 0. The third-order valence-corrected chi connectivity index (χ3v) is 5.48. The Morgan fingerprint density at radius 1 is 1.22 bits per heavy atom. The van der Waals surface area contributed by atoms with E-state index in [0.717, 1.165) is 0 Å². The highest BCUT2D eigenvalue weighted by molar-refractivity contribution is 9.10. The summed E-state index contributed by atoms with van der Waals surface area (Å²) in [4.78, 5) is 24.0. The summed E-state index contributed by atoms with van der Waals surface area (Å²) in [5.41, 5.74) is -0.456. The van der Waals surface area contributed by atoms with Crippen LogP contribution >= 0.6 is 39.1 Å². The van der Waals surface area contributed by atoms with Gasteiger partial charge >= 0.3 is 6.09 Å². The van der Waals surface area contributed by atoms with E-state index < -0.39 is 11.4 Å². The molecule has 2 aromatic rings. The molecule has 146 valence electrons. The van der Waals surface area contributed by atoms with Crippen molar-refractivity contribution in [1.82, 2.24) is 14.9 Å². The summed E-state index contributed by atoms with van der Waals surface area (Å²) in [5, 5.41) is 0.635. The normalized spacial score (nSPS) is 15.4. The first-order valence-electron chi connectivity index (χ1n) is 8.30. The quantitative estimate of drug-likeness (QED) is 0.430. The van der Waals surface area contributed by atoms with Gasteiger partial charge in [-0.2, -0.15) is 4.98 Å². The summed E-state index contributed by atoms with van der Waals surface area (Å²) in [5.74, 6) is -0.0995. The SMILES string of the molecule is CC(C)(C)OC(=O)N1CCN(c2nc(Cl)nc3c(F)c(Br)c(Cl)cc23)CC1. The molecular formula is C17H18BrCl2FN4O2. The smallest absolute Gasteiger partial charge is 0.410 e. The number of piperazine rings is 1. The molecule has 6 nitrogen and oxygen atoms in total. The second kappa shape index (κ2) is 7.56. The molecule has 0 atom stereocenters. The molecule has 0 spiro atoms. The van der Waals surface area contributed by atoms with Crippen molar-refractivity contribution in [1.29, 1.82) is 0 Å². The van der Waals surface area contributed by atoms with Crippen LogP contribution in [-0.2, 0) is 4.74 Å². The molecule has 1 aliphatic heterocycles. The summed E-state index contributed by atoms with van der Waals surface area (Å²) in [6.07, 6.45) is -0.356. The maximum absolute atomic E-state index is 14.5. The highest BCUT2D eigenvalue weighted by Crippen LogP contribution is 2.36. The van der Waals surface area contributed by atoms with Crippen molar-refractivity contribution in [3.8, 4) is 0 Å². The number of halogens is 4. The molecular weight excluding hydrogens is 462 g/mol. The summed E-state index contributed by atoms with van der Waals surface area (Å²) in [6, 6.07) is 1.61. The van der Waals surface area contributed by atoms with Gasteiger partial charge in [0.1, 0.15) is 16.9 Å². The van der Waals surface area contributed by atoms with Crippen LogP contribution in [0, 0.1) is 5.82 Å². The Morgan fingerprint density at radius 2 is 1.85 bits per heavy atom. The number of anilines is 1. The van der Waals surface area contributed by atoms with Gasteiger partial charge in [-0.05, 0) is 54.4 Å². The fraction of sp³-hybridized carbons (Fsp3) is 0.471. The van der Waals surface area contributed by atoms with E-state index in [0.29, 0.717) is 37.4 Å². The number of carbonyl (C=O) groups is 1. The average molecular weight is 480 g/mol. The first kappa shape index (κ1) is 20.4. The van der Waals surface area contributed by atoms with E-state index in [1.165, 1.54) is 0 Å². The van der Waals surface area contributed by atoms with Crippen molar-refractivity contribution < 1.29 is 13.9 Å². The molecule has 0 saturated carbocycles. The minimum atomic E-state index is -0.588. The Bertz CT molecular complexity index is 899. The number of ether oxygens (including phenoxy) is 1. The van der Waals surface area contributed by atoms with Crippen LogP contribution in [0.5, 0.6) is 0 Å². The molecule has 27 heavy (non-hydrogen) atoms. The van der Waals surface area contributed by atoms with Crippen molar-refractivity contribution in [2.24, 2.45) is 0 Å². The molecule has 1 aromatic heterocycles. The van der Waals surface area contributed by atoms with E-state index in [1.54, 1.807) is 11.0 Å². The molecule has 0 radical (unpaired) electrons. The van der Waals surface area contributed by atoms with Gasteiger partial charge < -0.3 is 14.5 Å². The van der Waals surface area contributed by atoms with Crippen molar-refractivity contribution >= 4 is 61.9 Å². The molecule has 0 bridgehead atoms. The molecule has 2 heterocycles. The molecule has 0 aliphatic carbocycles. The van der Waals surface area contributed by atoms with E-state index in [9.17, 15) is 9.18 Å². The molecule has 3 rings (SSSR count). The van der Waals surface area contributed by atoms with Crippen LogP contribution in [0.25, 0.3) is 10.9 Å². The predicted molar refractivity (Wildman–Crippen MR) is 107 cm³/mol. The van der Waals surface area contributed by atoms with Crippen molar-refractivity contribution in [3.63, 3.8) is 0 Å². The number of nitrogens with zero attached hydrogens (tertiary/aromatic N) is 4. The Labute approximate surface area is 174 Å². The van der Waals surface area contributed by atoms with E-state index in [-0.39, 0.29) is 26.4 Å². The second-order valence-electron chi connectivity index (χ2n) is 7.15. The Hall–Kier alpha value is -1.38. The maximum atomic E-state index is 14.5. The lowest BCUT2D eigenvalue weighted by atomic mass is 10.2. The van der Waals surface area contributed by atoms with Gasteiger partial charge in [0.2, 0.25) is 5.28 Å². The standard InChI is InChI=1S/C17H18BrCl2FN4O2/c1-17(2,3)27-16(26)25-6-4-24(5-7-25)14-9-8-10(19)11(18)12(21)13(9)22-15(20)23-14/h8H,4-7H2,1-3H3. The molecule has 1 saturated heterocycles. The number of hydrogen-bond acceptors (Lipinski definition) is 5. The van der Waals surface area contributed by atoms with Crippen LogP contribution in [0.3, 0.4) is 0 Å². The minimum Gasteiger partial charge on any atom is -0.444 e. The third-order valence-electron chi connectivity index (χ3n) is 4.01. The molecule has 1 amide bonds. The number of benzene rings is 1. The van der Waals surface area contributed by atoms with Crippen LogP contribution in [0.15, 0.2) is 10.5 Å². The lowest BCUT2D eigenvalue weighted by Gasteiger charge is -2.36. The van der Waals surface area contributed by atoms with Crippen LogP contribution in [0.2, 0.25) is 10.3 Å². The second-order valence-corrected chi connectivity index (χ2v) is 8.69. The number of fused-ring (bicyclic) bond motifs is 1. The molecule has 0 unspecified atom stereocenters. The Kier molecular flexibility index (Phi) is 5.70. The zero-order chi connectivity index (χ0) is 19.9. The Balaban J connectivity index is 1.86. The van der Waals surface area contributed by atoms with Gasteiger partial charge in [0.25, 0.3) is 0 Å². The van der Waals surface area contributed by atoms with Crippen molar-refractivity contribution in [2.45, 2.75) is 26.4 Å². The van der Waals surface area contributed by atoms with E-state index in [1.807, 2.05) is 25.7 Å². The maximum Gasteiger partial charge on any atom is 0.410 e. The summed E-state index contributed by atoms with van der Waals surface area (Å²) < 4.78 is 20.1. The van der Waals surface area contributed by atoms with Crippen LogP contribution in [-0.4, -0.2) is 52.7 Å². The van der Waals surface area contributed by atoms with Crippen LogP contribution in [0.4, 0.5) is 15.0 Å². The topological polar surface area (TPSA) is 58.6 Å². The minimum absolute atomic E-state index is 0.0554. The monoisotopic (exact) mass is 478 g/mol. The average Bonchev–Trinajstić information content (AvgIpc) is 2.59. The van der Waals surface area contributed by atoms with Crippen molar-refractivity contribution in [2.75, 3.05) is 31.1 Å². The molecule has 10 heteroatoms. The van der Waals surface area contributed by atoms with Gasteiger partial charge in [-0.1, -0.05) is 11.6 Å². The fourth-order valence-electron chi connectivity index (χ4n) is 2.80. The van der Waals surface area contributed by atoms with Crippen LogP contribution in [0.1, 0.15) is 20.8 Å². The zero-order valence-corrected chi connectivity index (χ0v) is 18.1. The predicted octanol–water partition coefficient (Wildman–Crippen LogP) is 4.90. The van der Waals surface area contributed by atoms with Gasteiger partial charge in [0.15, 0.2) is 5.82 Å². The lowest BCUT2D eigenvalue weighted by molar-refractivity contribution is 0.0240. The van der Waals surface area contributed by atoms with Gasteiger partial charge in [0, 0.05) is 31.6 Å². The summed E-state index contributed by atoms with van der Waals surface area (Å²) >= 11 is 15.2.